The first-order valence-corrected chi connectivity index (χ1v) is 8.61. The first-order valence-electron chi connectivity index (χ1n) is 7.56. The number of hydrogen-bond acceptors (Lipinski definition) is 4. The predicted molar refractivity (Wildman–Crippen MR) is 91.1 cm³/mol. The molecule has 4 heteroatoms. The average Bonchev–Trinajstić information content (AvgIpc) is 2.48. The molecule has 112 valence electrons. The molecule has 0 bridgehead atoms. The molecule has 0 amide bonds. The van der Waals surface area contributed by atoms with Crippen LogP contribution < -0.4 is 5.32 Å². The van der Waals surface area contributed by atoms with Crippen molar-refractivity contribution >= 4 is 28.4 Å². The Morgan fingerprint density at radius 1 is 1.43 bits per heavy atom. The number of aromatic nitrogens is 1. The number of anilines is 1. The highest BCUT2D eigenvalue weighted by molar-refractivity contribution is 8.00. The number of aryl methyl sites for hydroxylation is 1. The SMILES string of the molecule is CCSC1CCC1(O)CNc1cc(C)nc2ccccc12. The van der Waals surface area contributed by atoms with Gasteiger partial charge in [0.05, 0.1) is 11.1 Å². The molecule has 2 unspecified atom stereocenters. The minimum absolute atomic E-state index is 0.365. The molecule has 1 aromatic heterocycles. The Morgan fingerprint density at radius 2 is 2.24 bits per heavy atom. The van der Waals surface area contributed by atoms with Gasteiger partial charge in [0, 0.05) is 28.6 Å². The largest absolute Gasteiger partial charge is 0.387 e. The highest BCUT2D eigenvalue weighted by Crippen LogP contribution is 2.41. The van der Waals surface area contributed by atoms with E-state index in [4.69, 9.17) is 0 Å². The molecule has 2 atom stereocenters. The summed E-state index contributed by atoms with van der Waals surface area (Å²) in [5.74, 6) is 1.06. The topological polar surface area (TPSA) is 45.1 Å². The van der Waals surface area contributed by atoms with Crippen LogP contribution in [0.2, 0.25) is 0 Å². The van der Waals surface area contributed by atoms with Gasteiger partial charge in [-0.3, -0.25) is 4.98 Å². The number of nitrogens with one attached hydrogen (secondary N) is 1. The Labute approximate surface area is 130 Å². The molecule has 1 aliphatic rings. The van der Waals surface area contributed by atoms with E-state index in [0.29, 0.717) is 11.8 Å². The number of fused-ring (bicyclic) bond motifs is 1. The van der Waals surface area contributed by atoms with E-state index in [9.17, 15) is 5.11 Å². The van der Waals surface area contributed by atoms with Crippen molar-refractivity contribution in [2.24, 2.45) is 0 Å². The molecular formula is C17H22N2OS. The first kappa shape index (κ1) is 14.7. The number of nitrogens with zero attached hydrogens (tertiary/aromatic N) is 1. The summed E-state index contributed by atoms with van der Waals surface area (Å²) in [5.41, 5.74) is 2.49. The Balaban J connectivity index is 1.79. The highest BCUT2D eigenvalue weighted by atomic mass is 32.2. The van der Waals surface area contributed by atoms with Gasteiger partial charge in [-0.25, -0.2) is 0 Å². The van der Waals surface area contributed by atoms with Crippen molar-refractivity contribution in [2.75, 3.05) is 17.6 Å². The predicted octanol–water partition coefficient (Wildman–Crippen LogP) is 3.60. The van der Waals surface area contributed by atoms with Crippen molar-refractivity contribution in [3.05, 3.63) is 36.0 Å². The van der Waals surface area contributed by atoms with Crippen LogP contribution in [0.4, 0.5) is 5.69 Å². The van der Waals surface area contributed by atoms with Gasteiger partial charge in [-0.2, -0.15) is 11.8 Å². The molecule has 2 aromatic rings. The maximum Gasteiger partial charge on any atom is 0.0937 e. The number of benzene rings is 1. The number of rotatable bonds is 5. The number of aliphatic hydroxyl groups is 1. The van der Waals surface area contributed by atoms with Crippen LogP contribution in [0.15, 0.2) is 30.3 Å². The standard InChI is InChI=1S/C17H22N2OS/c1-3-21-16-8-9-17(16,20)11-18-15-10-12(2)19-14-7-5-4-6-13(14)15/h4-7,10,16,20H,3,8-9,11H2,1-2H3,(H,18,19). The fourth-order valence-electron chi connectivity index (χ4n) is 2.94. The van der Waals surface area contributed by atoms with Gasteiger partial charge in [-0.15, -0.1) is 0 Å². The Hall–Kier alpha value is -1.26. The molecule has 1 fully saturated rings. The van der Waals surface area contributed by atoms with E-state index in [1.54, 1.807) is 0 Å². The highest BCUT2D eigenvalue weighted by Gasteiger charge is 2.44. The Bertz CT molecular complexity index is 646. The lowest BCUT2D eigenvalue weighted by molar-refractivity contribution is -0.0119. The van der Waals surface area contributed by atoms with Gasteiger partial charge < -0.3 is 10.4 Å². The van der Waals surface area contributed by atoms with Crippen LogP contribution in [0.3, 0.4) is 0 Å². The second-order valence-corrected chi connectivity index (χ2v) is 7.25. The van der Waals surface area contributed by atoms with Crippen molar-refractivity contribution in [3.8, 4) is 0 Å². The van der Waals surface area contributed by atoms with Crippen LogP contribution in [-0.4, -0.2) is 33.2 Å². The van der Waals surface area contributed by atoms with Gasteiger partial charge in [0.1, 0.15) is 0 Å². The van der Waals surface area contributed by atoms with E-state index in [2.05, 4.69) is 29.4 Å². The van der Waals surface area contributed by atoms with Crippen molar-refractivity contribution in [2.45, 2.75) is 37.5 Å². The molecule has 21 heavy (non-hydrogen) atoms. The fraction of sp³-hybridized carbons (Fsp3) is 0.471. The lowest BCUT2D eigenvalue weighted by Crippen LogP contribution is -2.54. The minimum Gasteiger partial charge on any atom is -0.387 e. The first-order chi connectivity index (χ1) is 10.1. The van der Waals surface area contributed by atoms with E-state index in [-0.39, 0.29) is 0 Å². The van der Waals surface area contributed by atoms with E-state index >= 15 is 0 Å². The zero-order chi connectivity index (χ0) is 14.9. The third kappa shape index (κ3) is 2.87. The molecule has 2 N–H and O–H groups in total. The number of thioether (sulfide) groups is 1. The van der Waals surface area contributed by atoms with Crippen LogP contribution in [0, 0.1) is 6.92 Å². The number of hydrogen-bond donors (Lipinski definition) is 2. The van der Waals surface area contributed by atoms with Crippen LogP contribution in [0.25, 0.3) is 10.9 Å². The second kappa shape index (κ2) is 5.85. The van der Waals surface area contributed by atoms with Crippen LogP contribution in [0.5, 0.6) is 0 Å². The Kier molecular flexibility index (Phi) is 4.09. The number of pyridine rings is 1. The molecule has 0 saturated heterocycles. The minimum atomic E-state index is -0.570. The van der Waals surface area contributed by atoms with Crippen molar-refractivity contribution in [3.63, 3.8) is 0 Å². The van der Waals surface area contributed by atoms with Crippen molar-refractivity contribution < 1.29 is 5.11 Å². The summed E-state index contributed by atoms with van der Waals surface area (Å²) >= 11 is 1.86. The Morgan fingerprint density at radius 3 is 2.95 bits per heavy atom. The lowest BCUT2D eigenvalue weighted by atomic mass is 9.79. The quantitative estimate of drug-likeness (QED) is 0.886. The molecule has 1 aromatic carbocycles. The maximum atomic E-state index is 10.7. The van der Waals surface area contributed by atoms with E-state index in [0.717, 1.165) is 40.9 Å². The monoisotopic (exact) mass is 302 g/mol. The van der Waals surface area contributed by atoms with E-state index < -0.39 is 5.60 Å². The summed E-state index contributed by atoms with van der Waals surface area (Å²) in [6, 6.07) is 10.2. The van der Waals surface area contributed by atoms with Crippen LogP contribution in [-0.2, 0) is 0 Å². The summed E-state index contributed by atoms with van der Waals surface area (Å²) in [6.07, 6.45) is 2.01. The van der Waals surface area contributed by atoms with Crippen LogP contribution in [0.1, 0.15) is 25.5 Å². The summed E-state index contributed by atoms with van der Waals surface area (Å²) in [6.45, 7) is 4.76. The third-order valence-corrected chi connectivity index (χ3v) is 5.65. The maximum absolute atomic E-state index is 10.7. The summed E-state index contributed by atoms with van der Waals surface area (Å²) in [4.78, 5) is 4.55. The lowest BCUT2D eigenvalue weighted by Gasteiger charge is -2.45. The molecule has 0 radical (unpaired) electrons. The van der Waals surface area contributed by atoms with Crippen molar-refractivity contribution in [1.29, 1.82) is 0 Å². The van der Waals surface area contributed by atoms with Crippen LogP contribution >= 0.6 is 11.8 Å². The molecule has 0 spiro atoms. The smallest absolute Gasteiger partial charge is 0.0937 e. The van der Waals surface area contributed by atoms with E-state index in [1.165, 1.54) is 0 Å². The molecule has 3 rings (SSSR count). The molecule has 1 saturated carbocycles. The van der Waals surface area contributed by atoms with Gasteiger partial charge in [-0.05, 0) is 37.7 Å². The normalized spacial score (nSPS) is 24.8. The molecule has 1 heterocycles. The molecule has 0 aliphatic heterocycles. The summed E-state index contributed by atoms with van der Waals surface area (Å²) in [5, 5.41) is 15.6. The molecule has 3 nitrogen and oxygen atoms in total. The van der Waals surface area contributed by atoms with Gasteiger partial charge in [0.15, 0.2) is 0 Å². The summed E-state index contributed by atoms with van der Waals surface area (Å²) < 4.78 is 0. The van der Waals surface area contributed by atoms with Gasteiger partial charge in [-0.1, -0.05) is 25.1 Å². The van der Waals surface area contributed by atoms with Gasteiger partial charge >= 0.3 is 0 Å². The zero-order valence-electron chi connectivity index (χ0n) is 12.6. The van der Waals surface area contributed by atoms with Crippen molar-refractivity contribution in [1.82, 2.24) is 4.98 Å². The van der Waals surface area contributed by atoms with Gasteiger partial charge in [0.2, 0.25) is 0 Å². The van der Waals surface area contributed by atoms with Gasteiger partial charge in [0.25, 0.3) is 0 Å². The number of para-hydroxylation sites is 1. The summed E-state index contributed by atoms with van der Waals surface area (Å²) in [7, 11) is 0. The third-order valence-electron chi connectivity index (χ3n) is 4.24. The van der Waals surface area contributed by atoms with E-state index in [1.807, 2.05) is 36.9 Å². The molecule has 1 aliphatic carbocycles. The average molecular weight is 302 g/mol. The second-order valence-electron chi connectivity index (χ2n) is 5.77. The zero-order valence-corrected chi connectivity index (χ0v) is 13.4. The molecular weight excluding hydrogens is 280 g/mol. The fourth-order valence-corrected chi connectivity index (χ4v) is 4.14.